The number of imidazole rings is 1. The molecular weight excluding hydrogens is 178 g/mol. The molecule has 0 saturated heterocycles. The van der Waals surface area contributed by atoms with E-state index in [0.717, 1.165) is 11.3 Å². The molecule has 2 heterocycles. The van der Waals surface area contributed by atoms with E-state index >= 15 is 0 Å². The molecule has 0 spiro atoms. The zero-order valence-electron chi connectivity index (χ0n) is 7.90. The Bertz CT molecular complexity index is 461. The van der Waals surface area contributed by atoms with Crippen molar-refractivity contribution in [2.75, 3.05) is 5.32 Å². The lowest BCUT2D eigenvalue weighted by molar-refractivity contribution is -0.115. The first-order valence-electron chi connectivity index (χ1n) is 4.53. The lowest BCUT2D eigenvalue weighted by Crippen LogP contribution is -2.10. The third-order valence-electron chi connectivity index (χ3n) is 2.01. The molecule has 0 fully saturated rings. The van der Waals surface area contributed by atoms with Crippen LogP contribution in [0.1, 0.15) is 13.3 Å². The second-order valence-electron chi connectivity index (χ2n) is 2.98. The van der Waals surface area contributed by atoms with Crippen molar-refractivity contribution in [1.82, 2.24) is 9.38 Å². The topological polar surface area (TPSA) is 46.4 Å². The van der Waals surface area contributed by atoms with Crippen LogP contribution in [0.2, 0.25) is 0 Å². The smallest absolute Gasteiger partial charge is 0.224 e. The van der Waals surface area contributed by atoms with E-state index < -0.39 is 0 Å². The molecule has 1 N–H and O–H groups in total. The summed E-state index contributed by atoms with van der Waals surface area (Å²) >= 11 is 0. The van der Waals surface area contributed by atoms with Gasteiger partial charge in [-0.1, -0.05) is 6.92 Å². The molecule has 1 amide bonds. The summed E-state index contributed by atoms with van der Waals surface area (Å²) < 4.78 is 1.87. The van der Waals surface area contributed by atoms with Crippen LogP contribution in [0.25, 0.3) is 5.65 Å². The maximum Gasteiger partial charge on any atom is 0.224 e. The molecule has 0 atom stereocenters. The number of aromatic nitrogens is 2. The molecule has 0 aliphatic rings. The summed E-state index contributed by atoms with van der Waals surface area (Å²) in [7, 11) is 0. The molecule has 4 heteroatoms. The molecule has 0 radical (unpaired) electrons. The number of hydrogen-bond donors (Lipinski definition) is 1. The van der Waals surface area contributed by atoms with E-state index in [9.17, 15) is 4.79 Å². The summed E-state index contributed by atoms with van der Waals surface area (Å²) in [5.41, 5.74) is 1.53. The number of hydrogen-bond acceptors (Lipinski definition) is 2. The Morgan fingerprint density at radius 1 is 1.57 bits per heavy atom. The molecule has 0 bridgehead atoms. The number of nitrogens with zero attached hydrogens (tertiary/aromatic N) is 2. The fourth-order valence-electron chi connectivity index (χ4n) is 1.28. The maximum atomic E-state index is 11.2. The minimum absolute atomic E-state index is 0.00102. The van der Waals surface area contributed by atoms with Crippen molar-refractivity contribution in [3.05, 3.63) is 30.7 Å². The summed E-state index contributed by atoms with van der Waals surface area (Å²) in [5, 5.41) is 2.80. The van der Waals surface area contributed by atoms with Crippen LogP contribution in [-0.2, 0) is 4.79 Å². The van der Waals surface area contributed by atoms with Gasteiger partial charge in [-0.25, -0.2) is 4.98 Å². The zero-order valence-corrected chi connectivity index (χ0v) is 7.90. The molecule has 0 saturated carbocycles. The molecule has 2 aromatic heterocycles. The number of fused-ring (bicyclic) bond motifs is 1. The van der Waals surface area contributed by atoms with E-state index in [1.54, 1.807) is 6.20 Å². The maximum absolute atomic E-state index is 11.2. The predicted octanol–water partition coefficient (Wildman–Crippen LogP) is 1.68. The number of carbonyl (C=O) groups is 1. The van der Waals surface area contributed by atoms with Crippen molar-refractivity contribution in [2.45, 2.75) is 13.3 Å². The van der Waals surface area contributed by atoms with E-state index in [0.29, 0.717) is 6.42 Å². The number of nitrogens with one attached hydrogen (secondary N) is 1. The van der Waals surface area contributed by atoms with Crippen LogP contribution in [0.5, 0.6) is 0 Å². The largest absolute Gasteiger partial charge is 0.323 e. The van der Waals surface area contributed by atoms with Crippen molar-refractivity contribution in [2.24, 2.45) is 0 Å². The molecule has 0 aliphatic heterocycles. The zero-order chi connectivity index (χ0) is 9.97. The van der Waals surface area contributed by atoms with Gasteiger partial charge in [-0.2, -0.15) is 0 Å². The first-order valence-corrected chi connectivity index (χ1v) is 4.53. The summed E-state index contributed by atoms with van der Waals surface area (Å²) in [5.74, 6) is 0.00102. The standard InChI is InChI=1S/C10H11N3O/c1-2-9(14)12-8-4-3-6-13-7-5-11-10(8)13/h3-7H,2H2,1H3,(H,12,14). The Balaban J connectivity index is 2.41. The van der Waals surface area contributed by atoms with Gasteiger partial charge in [0.2, 0.25) is 5.91 Å². The number of amides is 1. The molecule has 0 aromatic carbocycles. The average Bonchev–Trinajstić information content (AvgIpc) is 2.66. The second-order valence-corrected chi connectivity index (χ2v) is 2.98. The highest BCUT2D eigenvalue weighted by molar-refractivity contribution is 5.93. The lowest BCUT2D eigenvalue weighted by atomic mass is 10.3. The Hall–Kier alpha value is -1.84. The van der Waals surface area contributed by atoms with Crippen molar-refractivity contribution < 1.29 is 4.79 Å². The monoisotopic (exact) mass is 189 g/mol. The number of pyridine rings is 1. The molecule has 4 nitrogen and oxygen atoms in total. The Morgan fingerprint density at radius 3 is 3.21 bits per heavy atom. The fraction of sp³-hybridized carbons (Fsp3) is 0.200. The molecule has 2 rings (SSSR count). The van der Waals surface area contributed by atoms with Crippen molar-refractivity contribution in [3.8, 4) is 0 Å². The molecule has 0 unspecified atom stereocenters. The van der Waals surface area contributed by atoms with Gasteiger partial charge in [0, 0.05) is 25.0 Å². The second kappa shape index (κ2) is 3.49. The molecular formula is C10H11N3O. The van der Waals surface area contributed by atoms with Crippen LogP contribution in [0.4, 0.5) is 5.69 Å². The Morgan fingerprint density at radius 2 is 2.43 bits per heavy atom. The van der Waals surface area contributed by atoms with Crippen LogP contribution in [0.15, 0.2) is 30.7 Å². The highest BCUT2D eigenvalue weighted by atomic mass is 16.1. The van der Waals surface area contributed by atoms with E-state index in [1.165, 1.54) is 0 Å². The van der Waals surface area contributed by atoms with Gasteiger partial charge in [-0.05, 0) is 12.1 Å². The van der Waals surface area contributed by atoms with E-state index in [4.69, 9.17) is 0 Å². The SMILES string of the molecule is CCC(=O)Nc1cccn2ccnc12. The first kappa shape index (κ1) is 8.74. The van der Waals surface area contributed by atoms with E-state index in [2.05, 4.69) is 10.3 Å². The third kappa shape index (κ3) is 1.46. The lowest BCUT2D eigenvalue weighted by Gasteiger charge is -2.04. The van der Waals surface area contributed by atoms with Gasteiger partial charge in [0.05, 0.1) is 5.69 Å². The van der Waals surface area contributed by atoms with Gasteiger partial charge in [0.25, 0.3) is 0 Å². The van der Waals surface area contributed by atoms with Crippen LogP contribution in [0, 0.1) is 0 Å². The number of anilines is 1. The van der Waals surface area contributed by atoms with Gasteiger partial charge < -0.3 is 9.72 Å². The first-order chi connectivity index (χ1) is 6.81. The quantitative estimate of drug-likeness (QED) is 0.781. The van der Waals surface area contributed by atoms with E-state index in [1.807, 2.05) is 35.9 Å². The van der Waals surface area contributed by atoms with Gasteiger partial charge in [0.15, 0.2) is 5.65 Å². The van der Waals surface area contributed by atoms with Crippen molar-refractivity contribution in [1.29, 1.82) is 0 Å². The molecule has 2 aromatic rings. The molecule has 72 valence electrons. The van der Waals surface area contributed by atoms with Gasteiger partial charge in [-0.3, -0.25) is 4.79 Å². The normalized spacial score (nSPS) is 10.4. The Labute approximate surface area is 81.6 Å². The van der Waals surface area contributed by atoms with E-state index in [-0.39, 0.29) is 5.91 Å². The third-order valence-corrected chi connectivity index (χ3v) is 2.01. The van der Waals surface area contributed by atoms with Crippen LogP contribution < -0.4 is 5.32 Å². The van der Waals surface area contributed by atoms with Crippen LogP contribution in [0.3, 0.4) is 0 Å². The van der Waals surface area contributed by atoms with Gasteiger partial charge >= 0.3 is 0 Å². The minimum atomic E-state index is 0.00102. The number of carbonyl (C=O) groups excluding carboxylic acids is 1. The number of rotatable bonds is 2. The molecule has 14 heavy (non-hydrogen) atoms. The van der Waals surface area contributed by atoms with Crippen molar-refractivity contribution in [3.63, 3.8) is 0 Å². The van der Waals surface area contributed by atoms with Crippen molar-refractivity contribution >= 4 is 17.2 Å². The van der Waals surface area contributed by atoms with Gasteiger partial charge in [0.1, 0.15) is 0 Å². The van der Waals surface area contributed by atoms with Gasteiger partial charge in [-0.15, -0.1) is 0 Å². The highest BCUT2D eigenvalue weighted by Gasteiger charge is 2.03. The van der Waals surface area contributed by atoms with Crippen LogP contribution in [-0.4, -0.2) is 15.3 Å². The molecule has 0 aliphatic carbocycles. The fourth-order valence-corrected chi connectivity index (χ4v) is 1.28. The van der Waals surface area contributed by atoms with Crippen LogP contribution >= 0.6 is 0 Å². The average molecular weight is 189 g/mol. The minimum Gasteiger partial charge on any atom is -0.323 e. The summed E-state index contributed by atoms with van der Waals surface area (Å²) in [6.45, 7) is 1.82. The Kier molecular flexibility index (Phi) is 2.18. The summed E-state index contributed by atoms with van der Waals surface area (Å²) in [6, 6.07) is 3.72. The highest BCUT2D eigenvalue weighted by Crippen LogP contribution is 2.14. The predicted molar refractivity (Wildman–Crippen MR) is 54.1 cm³/mol. The summed E-state index contributed by atoms with van der Waals surface area (Å²) in [6.07, 6.45) is 5.92. The summed E-state index contributed by atoms with van der Waals surface area (Å²) in [4.78, 5) is 15.4.